The zero-order valence-corrected chi connectivity index (χ0v) is 21.3. The van der Waals surface area contributed by atoms with Crippen molar-refractivity contribution in [2.24, 2.45) is 11.8 Å². The van der Waals surface area contributed by atoms with E-state index >= 15 is 0 Å². The first kappa shape index (κ1) is 21.9. The predicted octanol–water partition coefficient (Wildman–Crippen LogP) is 8.54. The van der Waals surface area contributed by atoms with Gasteiger partial charge in [0.25, 0.3) is 0 Å². The van der Waals surface area contributed by atoms with Gasteiger partial charge in [0.1, 0.15) is 0 Å². The lowest BCUT2D eigenvalue weighted by Crippen LogP contribution is -2.22. The van der Waals surface area contributed by atoms with Gasteiger partial charge in [0.05, 0.1) is 0 Å². The Morgan fingerprint density at radius 3 is 1.76 bits per heavy atom. The van der Waals surface area contributed by atoms with Crippen molar-refractivity contribution >= 4 is 0 Å². The van der Waals surface area contributed by atoms with Crippen molar-refractivity contribution in [3.05, 3.63) is 114 Å². The third-order valence-corrected chi connectivity index (χ3v) is 9.08. The van der Waals surface area contributed by atoms with E-state index in [0.717, 1.165) is 40.4 Å². The molecule has 0 spiro atoms. The highest BCUT2D eigenvalue weighted by Gasteiger charge is 2.46. The topological polar surface area (TPSA) is 38.7 Å². The van der Waals surface area contributed by atoms with Crippen molar-refractivity contribution < 1.29 is 0 Å². The molecule has 0 N–H and O–H groups in total. The Balaban J connectivity index is 1.22. The first-order valence-corrected chi connectivity index (χ1v) is 13.9. The van der Waals surface area contributed by atoms with Crippen LogP contribution in [0.2, 0.25) is 0 Å². The largest absolute Gasteiger partial charge is 0.208 e. The van der Waals surface area contributed by atoms with Crippen LogP contribution in [0.3, 0.4) is 0 Å². The molecule has 4 aromatic carbocycles. The number of rotatable bonds is 4. The summed E-state index contributed by atoms with van der Waals surface area (Å²) in [4.78, 5) is 14.7. The van der Waals surface area contributed by atoms with Gasteiger partial charge in [-0.2, -0.15) is 0 Å². The van der Waals surface area contributed by atoms with Crippen LogP contribution in [0.25, 0.3) is 45.3 Å². The van der Waals surface area contributed by atoms with Crippen molar-refractivity contribution in [2.75, 3.05) is 0 Å². The van der Waals surface area contributed by atoms with E-state index in [4.69, 9.17) is 15.0 Å². The summed E-state index contributed by atoms with van der Waals surface area (Å²) < 4.78 is 0. The van der Waals surface area contributed by atoms with E-state index in [1.807, 2.05) is 36.4 Å². The molecule has 3 bridgehead atoms. The molecule has 38 heavy (non-hydrogen) atoms. The van der Waals surface area contributed by atoms with Crippen LogP contribution in [0, 0.1) is 11.8 Å². The van der Waals surface area contributed by atoms with E-state index in [1.165, 1.54) is 36.8 Å². The molecule has 0 radical (unpaired) electrons. The van der Waals surface area contributed by atoms with Gasteiger partial charge in [-0.15, -0.1) is 0 Å². The van der Waals surface area contributed by atoms with Gasteiger partial charge in [-0.25, -0.2) is 15.0 Å². The van der Waals surface area contributed by atoms with E-state index in [1.54, 1.807) is 11.1 Å². The second-order valence-corrected chi connectivity index (χ2v) is 11.3. The second kappa shape index (κ2) is 8.73. The Hall–Kier alpha value is -4.11. The van der Waals surface area contributed by atoms with Crippen LogP contribution in [0.15, 0.2) is 103 Å². The van der Waals surface area contributed by atoms with Crippen LogP contribution in [0.1, 0.15) is 48.6 Å². The molecule has 3 aliphatic rings. The predicted molar refractivity (Wildman–Crippen MR) is 153 cm³/mol. The molecule has 1 heterocycles. The standard InChI is InChI=1S/C35H29N3/c1-3-8-23(9-4-1)33-36-34(24-10-5-2-6-11-24)38-35(37-33)27-13-7-12-25(19-27)26-14-15-30-28-16-22-17-29(20-28)31(18-22)32(30)21-26/h1-15,19,21-22,28-29,31H,16-18,20H2. The summed E-state index contributed by atoms with van der Waals surface area (Å²) in [7, 11) is 0. The first-order chi connectivity index (χ1) is 18.8. The minimum absolute atomic E-state index is 0.694. The van der Waals surface area contributed by atoms with Crippen molar-refractivity contribution in [3.8, 4) is 45.3 Å². The maximum atomic E-state index is 4.94. The molecule has 4 atom stereocenters. The maximum absolute atomic E-state index is 4.94. The van der Waals surface area contributed by atoms with Crippen LogP contribution in [-0.4, -0.2) is 15.0 Å². The summed E-state index contributed by atoms with van der Waals surface area (Å²) in [5, 5.41) is 0. The fourth-order valence-electron chi connectivity index (χ4n) is 7.41. The van der Waals surface area contributed by atoms with Crippen LogP contribution in [0.4, 0.5) is 0 Å². The summed E-state index contributed by atoms with van der Waals surface area (Å²) in [5.74, 6) is 5.50. The van der Waals surface area contributed by atoms with Gasteiger partial charge in [-0.3, -0.25) is 0 Å². The van der Waals surface area contributed by atoms with Crippen molar-refractivity contribution in [1.82, 2.24) is 15.0 Å². The Bertz CT molecular complexity index is 1580. The highest BCUT2D eigenvalue weighted by molar-refractivity contribution is 5.73. The molecule has 184 valence electrons. The van der Waals surface area contributed by atoms with Gasteiger partial charge in [-0.1, -0.05) is 97.1 Å². The molecule has 0 amide bonds. The number of nitrogens with zero attached hydrogens (tertiary/aromatic N) is 3. The number of hydrogen-bond acceptors (Lipinski definition) is 3. The van der Waals surface area contributed by atoms with E-state index in [9.17, 15) is 0 Å². The van der Waals surface area contributed by atoms with Crippen LogP contribution in [0.5, 0.6) is 0 Å². The second-order valence-electron chi connectivity index (χ2n) is 11.3. The summed E-state index contributed by atoms with van der Waals surface area (Å²) in [6.45, 7) is 0. The maximum Gasteiger partial charge on any atom is 0.164 e. The molecule has 0 aliphatic heterocycles. The number of fused-ring (bicyclic) bond motifs is 5. The monoisotopic (exact) mass is 491 g/mol. The molecule has 8 rings (SSSR count). The van der Waals surface area contributed by atoms with Gasteiger partial charge < -0.3 is 0 Å². The van der Waals surface area contributed by atoms with Crippen molar-refractivity contribution in [2.45, 2.75) is 37.5 Å². The Morgan fingerprint density at radius 1 is 0.447 bits per heavy atom. The molecule has 3 heteroatoms. The number of aromatic nitrogens is 3. The highest BCUT2D eigenvalue weighted by Crippen LogP contribution is 2.60. The zero-order valence-electron chi connectivity index (χ0n) is 21.3. The average Bonchev–Trinajstić information content (AvgIpc) is 3.24. The third kappa shape index (κ3) is 3.68. The lowest BCUT2D eigenvalue weighted by atomic mass is 9.68. The zero-order chi connectivity index (χ0) is 25.1. The molecule has 4 unspecified atom stereocenters. The molecule has 0 saturated heterocycles. The molecule has 1 aromatic heterocycles. The lowest BCUT2D eigenvalue weighted by Gasteiger charge is -2.36. The fraction of sp³-hybridized carbons (Fsp3) is 0.229. The number of benzene rings is 4. The lowest BCUT2D eigenvalue weighted by molar-refractivity contribution is 0.296. The van der Waals surface area contributed by atoms with Gasteiger partial charge in [0.15, 0.2) is 17.5 Å². The quantitative estimate of drug-likeness (QED) is 0.253. The fourth-order valence-corrected chi connectivity index (χ4v) is 7.41. The average molecular weight is 492 g/mol. The van der Waals surface area contributed by atoms with Crippen molar-refractivity contribution in [3.63, 3.8) is 0 Å². The summed E-state index contributed by atoms with van der Waals surface area (Å²) in [5.41, 5.74) is 8.78. The minimum atomic E-state index is 0.694. The SMILES string of the molecule is c1ccc(-c2nc(-c3ccccc3)nc(-c3cccc(-c4ccc5c(c4)C4CC6CC5CC4C6)c3)n2)cc1. The Labute approximate surface area is 223 Å². The summed E-state index contributed by atoms with van der Waals surface area (Å²) >= 11 is 0. The van der Waals surface area contributed by atoms with Gasteiger partial charge >= 0.3 is 0 Å². The molecule has 3 nitrogen and oxygen atoms in total. The molecule has 3 aliphatic carbocycles. The normalized spacial score (nSPS) is 22.8. The Kier molecular flexibility index (Phi) is 5.04. The summed E-state index contributed by atoms with van der Waals surface area (Å²) in [6.07, 6.45) is 5.66. The van der Waals surface area contributed by atoms with Crippen LogP contribution >= 0.6 is 0 Å². The van der Waals surface area contributed by atoms with Gasteiger partial charge in [-0.05, 0) is 77.7 Å². The van der Waals surface area contributed by atoms with Gasteiger partial charge in [0.2, 0.25) is 0 Å². The van der Waals surface area contributed by atoms with Crippen LogP contribution in [-0.2, 0) is 0 Å². The van der Waals surface area contributed by atoms with Crippen LogP contribution < -0.4 is 0 Å². The third-order valence-electron chi connectivity index (χ3n) is 9.08. The first-order valence-electron chi connectivity index (χ1n) is 13.9. The van der Waals surface area contributed by atoms with Crippen molar-refractivity contribution in [1.29, 1.82) is 0 Å². The van der Waals surface area contributed by atoms with E-state index < -0.39 is 0 Å². The highest BCUT2D eigenvalue weighted by atomic mass is 15.0. The molecule has 2 fully saturated rings. The minimum Gasteiger partial charge on any atom is -0.208 e. The molecule has 5 aromatic rings. The van der Waals surface area contributed by atoms with E-state index in [0.29, 0.717) is 17.5 Å². The molecule has 2 saturated carbocycles. The van der Waals surface area contributed by atoms with E-state index in [2.05, 4.69) is 66.7 Å². The Morgan fingerprint density at radius 2 is 1.05 bits per heavy atom. The molecular weight excluding hydrogens is 462 g/mol. The number of hydrogen-bond donors (Lipinski definition) is 0. The smallest absolute Gasteiger partial charge is 0.164 e. The summed E-state index contributed by atoms with van der Waals surface area (Å²) in [6, 6.07) is 36.3. The van der Waals surface area contributed by atoms with E-state index in [-0.39, 0.29) is 0 Å². The van der Waals surface area contributed by atoms with Gasteiger partial charge in [0, 0.05) is 16.7 Å². The molecular formula is C35H29N3.